The van der Waals surface area contributed by atoms with E-state index < -0.39 is 0 Å². The van der Waals surface area contributed by atoms with Crippen molar-refractivity contribution in [2.45, 2.75) is 0 Å². The third-order valence-corrected chi connectivity index (χ3v) is 10.4. The van der Waals surface area contributed by atoms with Gasteiger partial charge in [-0.3, -0.25) is 0 Å². The molecule has 59 heavy (non-hydrogen) atoms. The summed E-state index contributed by atoms with van der Waals surface area (Å²) >= 11 is 13.3. The molecule has 6 aromatic rings. The number of methoxy groups -OCH3 is 2. The number of hydrogen-bond donors (Lipinski definition) is 6. The number of nitrogens with one attached hydrogen (secondary N) is 6. The third-order valence-electron chi connectivity index (χ3n) is 9.82. The van der Waals surface area contributed by atoms with E-state index in [1.165, 1.54) is 12.4 Å². The molecular weight excluding hydrogens is 791 g/mol. The van der Waals surface area contributed by atoms with E-state index in [-0.39, 0.29) is 0 Å². The largest absolute Gasteiger partial charge is 0.494 e. The van der Waals surface area contributed by atoms with Gasteiger partial charge in [0.15, 0.2) is 23.1 Å². The van der Waals surface area contributed by atoms with Gasteiger partial charge in [-0.1, -0.05) is 47.5 Å². The van der Waals surface area contributed by atoms with Crippen LogP contribution in [0.15, 0.2) is 97.3 Å². The molecule has 2 aliphatic heterocycles. The highest BCUT2D eigenvalue weighted by atomic mass is 35.5. The maximum atomic E-state index is 6.64. The minimum absolute atomic E-state index is 0.323. The predicted molar refractivity (Wildman–Crippen MR) is 236 cm³/mol. The molecule has 2 saturated heterocycles. The lowest BCUT2D eigenvalue weighted by molar-refractivity contribution is 0.416. The molecule has 2 aliphatic rings. The van der Waals surface area contributed by atoms with E-state index in [1.54, 1.807) is 14.2 Å². The van der Waals surface area contributed by atoms with Crippen molar-refractivity contribution in [1.82, 2.24) is 30.6 Å². The number of aromatic nitrogens is 4. The number of halogens is 2. The second-order valence-corrected chi connectivity index (χ2v) is 14.4. The number of ether oxygens (including phenoxy) is 3. The Bertz CT molecular complexity index is 2230. The van der Waals surface area contributed by atoms with Crippen molar-refractivity contribution in [3.63, 3.8) is 0 Å². The Morgan fingerprint density at radius 3 is 1.36 bits per heavy atom. The van der Waals surface area contributed by atoms with Crippen LogP contribution in [0.3, 0.4) is 0 Å². The van der Waals surface area contributed by atoms with Crippen molar-refractivity contribution in [1.29, 1.82) is 0 Å². The van der Waals surface area contributed by atoms with Crippen molar-refractivity contribution in [2.24, 2.45) is 0 Å². The van der Waals surface area contributed by atoms with E-state index in [0.29, 0.717) is 68.0 Å². The summed E-state index contributed by atoms with van der Waals surface area (Å²) in [4.78, 5) is 22.9. The summed E-state index contributed by atoms with van der Waals surface area (Å²) in [5.74, 6) is 3.81. The van der Waals surface area contributed by atoms with E-state index in [4.69, 9.17) is 47.4 Å². The Morgan fingerprint density at radius 1 is 0.525 bits per heavy atom. The Hall–Kier alpha value is -6.26. The zero-order valence-electron chi connectivity index (χ0n) is 32.6. The molecule has 0 amide bonds. The number of benzene rings is 4. The summed E-state index contributed by atoms with van der Waals surface area (Å²) in [5, 5.41) is 20.6. The van der Waals surface area contributed by atoms with Crippen molar-refractivity contribution in [3.05, 3.63) is 107 Å². The second-order valence-electron chi connectivity index (χ2n) is 13.6. The summed E-state index contributed by atoms with van der Waals surface area (Å²) in [5.41, 5.74) is 4.86. The summed E-state index contributed by atoms with van der Waals surface area (Å²) in [6, 6.07) is 27.1. The lowest BCUT2D eigenvalue weighted by Crippen LogP contribution is -2.43. The van der Waals surface area contributed by atoms with Gasteiger partial charge in [-0.2, -0.15) is 9.97 Å². The first-order chi connectivity index (χ1) is 28.9. The Morgan fingerprint density at radius 2 is 0.932 bits per heavy atom. The van der Waals surface area contributed by atoms with Crippen LogP contribution < -0.4 is 55.9 Å². The molecule has 17 heteroatoms. The molecule has 0 bridgehead atoms. The number of rotatable bonds is 14. The summed E-state index contributed by atoms with van der Waals surface area (Å²) in [7, 11) is 3.29. The first-order valence-corrected chi connectivity index (χ1v) is 20.0. The van der Waals surface area contributed by atoms with Gasteiger partial charge in [0, 0.05) is 75.9 Å². The van der Waals surface area contributed by atoms with Gasteiger partial charge in [0.1, 0.15) is 21.5 Å². The monoisotopic (exact) mass is 834 g/mol. The molecule has 0 saturated carbocycles. The summed E-state index contributed by atoms with van der Waals surface area (Å²) in [6.07, 6.45) is 3.08. The average molecular weight is 836 g/mol. The Labute approximate surface area is 352 Å². The van der Waals surface area contributed by atoms with Gasteiger partial charge in [0.25, 0.3) is 0 Å². The van der Waals surface area contributed by atoms with Crippen LogP contribution in [0, 0.1) is 0 Å². The molecule has 0 unspecified atom stereocenters. The van der Waals surface area contributed by atoms with Crippen LogP contribution >= 0.6 is 23.2 Å². The Kier molecular flexibility index (Phi) is 12.4. The van der Waals surface area contributed by atoms with Crippen LogP contribution in [0.4, 0.5) is 57.7 Å². The average Bonchev–Trinajstić information content (AvgIpc) is 3.28. The van der Waals surface area contributed by atoms with Gasteiger partial charge < -0.3 is 55.9 Å². The van der Waals surface area contributed by atoms with Crippen molar-refractivity contribution >= 4 is 80.9 Å². The Balaban J connectivity index is 0.977. The second kappa shape index (κ2) is 18.6. The van der Waals surface area contributed by atoms with Gasteiger partial charge in [0.05, 0.1) is 49.4 Å². The van der Waals surface area contributed by atoms with E-state index in [1.807, 2.05) is 72.8 Å². The fraction of sp³-hybridized carbons (Fsp3) is 0.238. The van der Waals surface area contributed by atoms with Crippen molar-refractivity contribution in [3.8, 4) is 23.0 Å². The fourth-order valence-corrected chi connectivity index (χ4v) is 7.04. The normalized spacial score (nSPS) is 14.0. The van der Waals surface area contributed by atoms with Gasteiger partial charge in [-0.15, -0.1) is 0 Å². The molecule has 2 fully saturated rings. The van der Waals surface area contributed by atoms with Crippen LogP contribution in [0.1, 0.15) is 0 Å². The third kappa shape index (κ3) is 9.56. The fourth-order valence-electron chi connectivity index (χ4n) is 6.77. The molecule has 2 aromatic heterocycles. The zero-order chi connectivity index (χ0) is 40.6. The highest BCUT2D eigenvalue weighted by Crippen LogP contribution is 2.39. The number of anilines is 10. The zero-order valence-corrected chi connectivity index (χ0v) is 34.1. The number of para-hydroxylation sites is 4. The number of piperazine rings is 2. The van der Waals surface area contributed by atoms with Gasteiger partial charge >= 0.3 is 0 Å². The standard InChI is InChI=1S/C42H44Cl2N12O3/c1-57-37-23-27(55-19-15-45-16-20-55)11-13-33(37)51-41-47-25-29(43)39(53-41)49-31-7-3-5-9-35(31)59-36-10-6-4-8-32(36)50-40-30(44)26-48-42(54-40)52-34-14-12-28(24-38(34)58-2)56-21-17-46-18-22-56/h3-14,23-26,45-46H,15-22H2,1-2H3,(H2,47,49,51,53)(H2,48,50,52,54). The molecular formula is C42H44Cl2N12O3. The van der Waals surface area contributed by atoms with Crippen molar-refractivity contribution < 1.29 is 14.2 Å². The first kappa shape index (κ1) is 39.6. The number of hydrogen-bond acceptors (Lipinski definition) is 15. The van der Waals surface area contributed by atoms with Crippen LogP contribution in [0.25, 0.3) is 0 Å². The molecule has 0 aliphatic carbocycles. The smallest absolute Gasteiger partial charge is 0.229 e. The van der Waals surface area contributed by atoms with E-state index in [2.05, 4.69) is 63.8 Å². The van der Waals surface area contributed by atoms with Crippen molar-refractivity contribution in [2.75, 3.05) is 97.6 Å². The van der Waals surface area contributed by atoms with Crippen LogP contribution in [0.2, 0.25) is 10.0 Å². The van der Waals surface area contributed by atoms with Gasteiger partial charge in [-0.05, 0) is 48.5 Å². The molecule has 0 spiro atoms. The highest BCUT2D eigenvalue weighted by Gasteiger charge is 2.18. The maximum Gasteiger partial charge on any atom is 0.229 e. The van der Waals surface area contributed by atoms with Crippen LogP contribution in [-0.2, 0) is 0 Å². The van der Waals surface area contributed by atoms with Crippen LogP contribution in [-0.4, -0.2) is 86.5 Å². The van der Waals surface area contributed by atoms with Gasteiger partial charge in [0.2, 0.25) is 11.9 Å². The SMILES string of the molecule is COc1cc(N2CCNCC2)ccc1Nc1ncc(Cl)c(Nc2ccccc2Oc2ccccc2Nc2nc(Nc3ccc(N4CCNCC4)cc3OC)ncc2Cl)n1. The van der Waals surface area contributed by atoms with E-state index >= 15 is 0 Å². The first-order valence-electron chi connectivity index (χ1n) is 19.2. The van der Waals surface area contributed by atoms with Gasteiger partial charge in [-0.25, -0.2) is 9.97 Å². The maximum absolute atomic E-state index is 6.64. The molecule has 8 rings (SSSR count). The summed E-state index contributed by atoms with van der Waals surface area (Å²) in [6.45, 7) is 7.47. The quantitative estimate of drug-likeness (QED) is 0.0624. The number of nitrogens with zero attached hydrogens (tertiary/aromatic N) is 6. The van der Waals surface area contributed by atoms with Crippen LogP contribution in [0.5, 0.6) is 23.0 Å². The predicted octanol–water partition coefficient (Wildman–Crippen LogP) is 8.18. The minimum atomic E-state index is 0.323. The van der Waals surface area contributed by atoms with E-state index in [9.17, 15) is 0 Å². The molecule has 304 valence electrons. The molecule has 6 N–H and O–H groups in total. The molecule has 4 heterocycles. The minimum Gasteiger partial charge on any atom is -0.494 e. The topological polar surface area (TPSA) is 158 Å². The summed E-state index contributed by atoms with van der Waals surface area (Å²) < 4.78 is 18.0. The highest BCUT2D eigenvalue weighted by molar-refractivity contribution is 6.33. The molecule has 15 nitrogen and oxygen atoms in total. The molecule has 0 radical (unpaired) electrons. The van der Waals surface area contributed by atoms with E-state index in [0.717, 1.165) is 75.1 Å². The lowest BCUT2D eigenvalue weighted by Gasteiger charge is -2.30. The lowest BCUT2D eigenvalue weighted by atomic mass is 10.2. The molecule has 0 atom stereocenters. The molecule has 4 aromatic carbocycles.